The van der Waals surface area contributed by atoms with Crippen LogP contribution in [0.5, 0.6) is 0 Å². The second-order valence-corrected chi connectivity index (χ2v) is 4.76. The molecule has 0 radical (unpaired) electrons. The molecular formula is C10H7ClF2N2S. The highest BCUT2D eigenvalue weighted by Gasteiger charge is 2.03. The number of rotatable bonds is 3. The summed E-state index contributed by atoms with van der Waals surface area (Å²) in [4.78, 5) is 4.80. The van der Waals surface area contributed by atoms with E-state index in [4.69, 9.17) is 11.6 Å². The third kappa shape index (κ3) is 2.68. The van der Waals surface area contributed by atoms with Crippen LogP contribution in [0.25, 0.3) is 0 Å². The van der Waals surface area contributed by atoms with Crippen molar-refractivity contribution in [3.05, 3.63) is 45.4 Å². The third-order valence-corrected chi connectivity index (χ3v) is 3.03. The van der Waals surface area contributed by atoms with Crippen molar-refractivity contribution in [3.63, 3.8) is 0 Å². The summed E-state index contributed by atoms with van der Waals surface area (Å²) in [7, 11) is 0. The predicted molar refractivity (Wildman–Crippen MR) is 60.8 cm³/mol. The quantitative estimate of drug-likeness (QED) is 0.910. The van der Waals surface area contributed by atoms with Gasteiger partial charge in [0.15, 0.2) is 16.1 Å². The minimum absolute atomic E-state index is 0.460. The van der Waals surface area contributed by atoms with E-state index in [1.54, 1.807) is 6.20 Å². The average Bonchev–Trinajstić information content (AvgIpc) is 2.66. The van der Waals surface area contributed by atoms with E-state index in [0.29, 0.717) is 16.7 Å². The van der Waals surface area contributed by atoms with E-state index in [1.807, 2.05) is 0 Å². The Morgan fingerprint density at radius 3 is 2.75 bits per heavy atom. The molecule has 2 nitrogen and oxygen atoms in total. The lowest BCUT2D eigenvalue weighted by Crippen LogP contribution is -1.98. The molecule has 1 aromatic heterocycles. The second-order valence-electron chi connectivity index (χ2n) is 3.06. The van der Waals surface area contributed by atoms with Crippen LogP contribution in [0.15, 0.2) is 24.4 Å². The Bertz CT molecular complexity index is 501. The zero-order valence-corrected chi connectivity index (χ0v) is 9.58. The summed E-state index contributed by atoms with van der Waals surface area (Å²) >= 11 is 7.00. The molecule has 0 spiro atoms. The number of halogens is 3. The molecule has 1 heterocycles. The first-order valence-electron chi connectivity index (χ1n) is 4.44. The van der Waals surface area contributed by atoms with E-state index in [1.165, 1.54) is 17.4 Å². The summed E-state index contributed by atoms with van der Waals surface area (Å²) in [6.45, 7) is 0.482. The Morgan fingerprint density at radius 2 is 2.12 bits per heavy atom. The molecule has 16 heavy (non-hydrogen) atoms. The van der Waals surface area contributed by atoms with E-state index in [0.717, 1.165) is 17.0 Å². The van der Waals surface area contributed by atoms with Crippen LogP contribution < -0.4 is 5.32 Å². The molecule has 6 heteroatoms. The van der Waals surface area contributed by atoms with Gasteiger partial charge >= 0.3 is 0 Å². The molecule has 0 aliphatic carbocycles. The summed E-state index contributed by atoms with van der Waals surface area (Å²) in [5, 5.41) is 2.95. The number of hydrogen-bond acceptors (Lipinski definition) is 3. The Kier molecular flexibility index (Phi) is 3.36. The van der Waals surface area contributed by atoms with Gasteiger partial charge in [-0.15, -0.1) is 11.3 Å². The van der Waals surface area contributed by atoms with Gasteiger partial charge in [0.1, 0.15) is 0 Å². The van der Waals surface area contributed by atoms with Gasteiger partial charge in [-0.2, -0.15) is 0 Å². The molecule has 0 aliphatic rings. The number of aromatic nitrogens is 1. The topological polar surface area (TPSA) is 24.9 Å². The summed E-state index contributed by atoms with van der Waals surface area (Å²) < 4.78 is 26.0. The summed E-state index contributed by atoms with van der Waals surface area (Å²) in [6, 6.07) is 3.66. The van der Waals surface area contributed by atoms with Gasteiger partial charge in [-0.05, 0) is 12.1 Å². The molecular weight excluding hydrogens is 254 g/mol. The minimum Gasteiger partial charge on any atom is -0.380 e. The highest BCUT2D eigenvalue weighted by Crippen LogP contribution is 2.19. The Morgan fingerprint density at radius 1 is 1.31 bits per heavy atom. The van der Waals surface area contributed by atoms with Crippen molar-refractivity contribution in [2.45, 2.75) is 6.54 Å². The molecule has 0 fully saturated rings. The normalized spacial score (nSPS) is 10.4. The molecule has 0 atom stereocenters. The Balaban J connectivity index is 2.02. The molecule has 2 aromatic rings. The molecule has 1 aromatic carbocycles. The lowest BCUT2D eigenvalue weighted by Gasteiger charge is -2.04. The van der Waals surface area contributed by atoms with Crippen LogP contribution in [-0.2, 0) is 6.54 Å². The second kappa shape index (κ2) is 4.76. The predicted octanol–water partition coefficient (Wildman–Crippen LogP) is 3.69. The van der Waals surface area contributed by atoms with Gasteiger partial charge in [-0.3, -0.25) is 0 Å². The van der Waals surface area contributed by atoms with Gasteiger partial charge < -0.3 is 5.32 Å². The number of benzene rings is 1. The van der Waals surface area contributed by atoms with E-state index >= 15 is 0 Å². The first kappa shape index (κ1) is 11.3. The molecule has 0 saturated carbocycles. The fourth-order valence-electron chi connectivity index (χ4n) is 1.16. The zero-order valence-electron chi connectivity index (χ0n) is 8.01. The van der Waals surface area contributed by atoms with Gasteiger partial charge in [-0.25, -0.2) is 13.8 Å². The van der Waals surface area contributed by atoms with E-state index in [-0.39, 0.29) is 0 Å². The molecule has 0 bridgehead atoms. The fourth-order valence-corrected chi connectivity index (χ4v) is 2.08. The van der Waals surface area contributed by atoms with Crippen LogP contribution in [0.4, 0.5) is 14.5 Å². The van der Waals surface area contributed by atoms with Crippen LogP contribution in [0, 0.1) is 11.6 Å². The first-order valence-corrected chi connectivity index (χ1v) is 5.64. The van der Waals surface area contributed by atoms with E-state index < -0.39 is 11.6 Å². The van der Waals surface area contributed by atoms with E-state index in [2.05, 4.69) is 10.3 Å². The smallest absolute Gasteiger partial charge is 0.183 e. The monoisotopic (exact) mass is 260 g/mol. The van der Waals surface area contributed by atoms with Crippen molar-refractivity contribution >= 4 is 28.6 Å². The van der Waals surface area contributed by atoms with Crippen molar-refractivity contribution < 1.29 is 8.78 Å². The summed E-state index contributed by atoms with van der Waals surface area (Å²) in [6.07, 6.45) is 1.64. The average molecular weight is 261 g/mol. The van der Waals surface area contributed by atoms with Crippen molar-refractivity contribution in [1.82, 2.24) is 4.98 Å². The highest BCUT2D eigenvalue weighted by atomic mass is 35.5. The highest BCUT2D eigenvalue weighted by molar-refractivity contribution is 7.15. The Hall–Kier alpha value is -1.20. The number of anilines is 1. The molecule has 0 saturated heterocycles. The summed E-state index contributed by atoms with van der Waals surface area (Å²) in [5.74, 6) is -1.72. The molecule has 0 unspecified atom stereocenters. The first-order chi connectivity index (χ1) is 7.65. The van der Waals surface area contributed by atoms with Crippen LogP contribution >= 0.6 is 22.9 Å². The number of hydrogen-bond donors (Lipinski definition) is 1. The van der Waals surface area contributed by atoms with Gasteiger partial charge in [0.05, 0.1) is 6.54 Å². The SMILES string of the molecule is Fc1ccc(NCc2cnc(Cl)s2)cc1F. The van der Waals surface area contributed by atoms with Crippen molar-refractivity contribution in [2.24, 2.45) is 0 Å². The van der Waals surface area contributed by atoms with Gasteiger partial charge in [-0.1, -0.05) is 11.6 Å². The maximum atomic E-state index is 12.9. The molecule has 2 rings (SSSR count). The molecule has 1 N–H and O–H groups in total. The molecule has 0 aliphatic heterocycles. The maximum Gasteiger partial charge on any atom is 0.183 e. The summed E-state index contributed by atoms with van der Waals surface area (Å²) in [5.41, 5.74) is 0.517. The van der Waals surface area contributed by atoms with Crippen LogP contribution in [0.3, 0.4) is 0 Å². The van der Waals surface area contributed by atoms with Gasteiger partial charge in [0.2, 0.25) is 0 Å². The lowest BCUT2D eigenvalue weighted by molar-refractivity contribution is 0.509. The van der Waals surface area contributed by atoms with Crippen LogP contribution in [-0.4, -0.2) is 4.98 Å². The third-order valence-electron chi connectivity index (χ3n) is 1.91. The standard InChI is InChI=1S/C10H7ClF2N2S/c11-10-15-5-7(16-10)4-14-6-1-2-8(12)9(13)3-6/h1-3,5,14H,4H2. The maximum absolute atomic E-state index is 12.9. The zero-order chi connectivity index (χ0) is 11.5. The van der Waals surface area contributed by atoms with Crippen LogP contribution in [0.2, 0.25) is 4.47 Å². The van der Waals surface area contributed by atoms with E-state index in [9.17, 15) is 8.78 Å². The van der Waals surface area contributed by atoms with Gasteiger partial charge in [0.25, 0.3) is 0 Å². The largest absolute Gasteiger partial charge is 0.380 e. The van der Waals surface area contributed by atoms with Crippen molar-refractivity contribution in [1.29, 1.82) is 0 Å². The van der Waals surface area contributed by atoms with Crippen molar-refractivity contribution in [3.8, 4) is 0 Å². The lowest BCUT2D eigenvalue weighted by atomic mass is 10.3. The molecule has 0 amide bonds. The number of nitrogens with zero attached hydrogens (tertiary/aromatic N) is 1. The fraction of sp³-hybridized carbons (Fsp3) is 0.100. The van der Waals surface area contributed by atoms with Crippen molar-refractivity contribution in [2.75, 3.05) is 5.32 Å². The van der Waals surface area contributed by atoms with Gasteiger partial charge in [0, 0.05) is 22.8 Å². The number of thiazole rings is 1. The number of nitrogens with one attached hydrogen (secondary N) is 1. The van der Waals surface area contributed by atoms with Crippen LogP contribution in [0.1, 0.15) is 4.88 Å². The Labute approximate surface area is 99.9 Å². The minimum atomic E-state index is -0.868. The molecule has 84 valence electrons.